The number of carbonyl (C=O) groups is 1. The third-order valence-corrected chi connectivity index (χ3v) is 2.41. The molecule has 20 heavy (non-hydrogen) atoms. The van der Waals surface area contributed by atoms with E-state index >= 15 is 0 Å². The lowest BCUT2D eigenvalue weighted by Gasteiger charge is -2.14. The Morgan fingerprint density at radius 1 is 1.35 bits per heavy atom. The molecule has 1 rings (SSSR count). The van der Waals surface area contributed by atoms with Crippen molar-refractivity contribution < 1.29 is 31.8 Å². The van der Waals surface area contributed by atoms with Gasteiger partial charge in [0.2, 0.25) is 0 Å². The van der Waals surface area contributed by atoms with Gasteiger partial charge in [-0.2, -0.15) is 8.78 Å². The van der Waals surface area contributed by atoms with Crippen molar-refractivity contribution in [3.63, 3.8) is 0 Å². The van der Waals surface area contributed by atoms with Gasteiger partial charge in [0.05, 0.1) is 7.11 Å². The van der Waals surface area contributed by atoms with Gasteiger partial charge in [0.25, 0.3) is 0 Å². The van der Waals surface area contributed by atoms with Crippen molar-refractivity contribution in [1.82, 2.24) is 0 Å². The molecule has 0 atom stereocenters. The van der Waals surface area contributed by atoms with E-state index in [1.165, 1.54) is 7.11 Å². The van der Waals surface area contributed by atoms with Crippen LogP contribution in [-0.2, 0) is 16.0 Å². The highest BCUT2D eigenvalue weighted by Gasteiger charge is 2.41. The van der Waals surface area contributed by atoms with Crippen LogP contribution in [0.1, 0.15) is 5.56 Å². The molecular weight excluding hydrogens is 280 g/mol. The first-order chi connectivity index (χ1) is 9.35. The molecule has 0 amide bonds. The summed E-state index contributed by atoms with van der Waals surface area (Å²) in [4.78, 5) is 11.5. The van der Waals surface area contributed by atoms with Crippen molar-refractivity contribution in [3.05, 3.63) is 29.8 Å². The number of hydrogen-bond acceptors (Lipinski definition) is 3. The van der Waals surface area contributed by atoms with E-state index in [1.54, 1.807) is 24.3 Å². The summed E-state index contributed by atoms with van der Waals surface area (Å²) < 4.78 is 58.0. The molecule has 0 aliphatic carbocycles. The van der Waals surface area contributed by atoms with Crippen LogP contribution in [0.3, 0.4) is 0 Å². The third-order valence-electron chi connectivity index (χ3n) is 2.41. The van der Waals surface area contributed by atoms with Crippen LogP contribution in [0.15, 0.2) is 24.3 Å². The van der Waals surface area contributed by atoms with Crippen molar-refractivity contribution in [3.8, 4) is 5.75 Å². The van der Waals surface area contributed by atoms with Crippen LogP contribution in [-0.4, -0.2) is 38.5 Å². The van der Waals surface area contributed by atoms with Crippen LogP contribution in [0.25, 0.3) is 0 Å². The number of halogens is 4. The normalized spacial score (nSPS) is 11.7. The number of ether oxygens (including phenoxy) is 2. The van der Waals surface area contributed by atoms with Crippen molar-refractivity contribution in [2.45, 2.75) is 18.8 Å². The maximum Gasteiger partial charge on any atom is 0.330 e. The first-order valence-corrected chi connectivity index (χ1v) is 5.73. The Bertz CT molecular complexity index is 449. The lowest BCUT2D eigenvalue weighted by molar-refractivity contribution is -0.168. The van der Waals surface area contributed by atoms with E-state index in [9.17, 15) is 22.4 Å². The van der Waals surface area contributed by atoms with Crippen LogP contribution in [0, 0.1) is 0 Å². The Labute approximate surface area is 113 Å². The largest absolute Gasteiger partial charge is 0.497 e. The molecule has 0 saturated heterocycles. The average Bonchev–Trinajstić information content (AvgIpc) is 2.38. The standard InChI is InChI=1S/C13H14F4O3/c1-19-11-4-2-3-9(6-11)5-10(18)7-20-8-13(16,17)12(14)15/h2-4,6,12H,5,7-8H2,1H3. The fourth-order valence-electron chi connectivity index (χ4n) is 1.43. The van der Waals surface area contributed by atoms with E-state index in [2.05, 4.69) is 4.74 Å². The summed E-state index contributed by atoms with van der Waals surface area (Å²) in [6.07, 6.45) is -3.85. The Balaban J connectivity index is 2.40. The SMILES string of the molecule is COc1cccc(CC(=O)COCC(F)(F)C(F)F)c1. The van der Waals surface area contributed by atoms with Crippen molar-refractivity contribution in [2.24, 2.45) is 0 Å². The minimum atomic E-state index is -4.24. The molecule has 0 aromatic heterocycles. The number of methoxy groups -OCH3 is 1. The van der Waals surface area contributed by atoms with Gasteiger partial charge in [0.1, 0.15) is 19.0 Å². The second-order valence-corrected chi connectivity index (χ2v) is 4.12. The third kappa shape index (κ3) is 5.16. The molecule has 0 bridgehead atoms. The molecule has 112 valence electrons. The number of ketones is 1. The number of Topliss-reactive ketones (excluding diaryl/α,β-unsaturated/α-hetero) is 1. The zero-order chi connectivity index (χ0) is 15.2. The fourth-order valence-corrected chi connectivity index (χ4v) is 1.43. The first-order valence-electron chi connectivity index (χ1n) is 5.73. The zero-order valence-electron chi connectivity index (χ0n) is 10.7. The lowest BCUT2D eigenvalue weighted by atomic mass is 10.1. The molecule has 0 heterocycles. The Kier molecular flexibility index (Phi) is 5.94. The van der Waals surface area contributed by atoms with E-state index < -0.39 is 31.3 Å². The maximum absolute atomic E-state index is 12.5. The number of benzene rings is 1. The molecule has 1 aromatic rings. The molecule has 0 N–H and O–H groups in total. The predicted molar refractivity (Wildman–Crippen MR) is 63.5 cm³/mol. The quantitative estimate of drug-likeness (QED) is 0.692. The van der Waals surface area contributed by atoms with Gasteiger partial charge in [0.15, 0.2) is 5.78 Å². The first kappa shape index (κ1) is 16.4. The molecule has 0 aliphatic heterocycles. The molecule has 0 unspecified atom stereocenters. The van der Waals surface area contributed by atoms with Crippen LogP contribution in [0.2, 0.25) is 0 Å². The van der Waals surface area contributed by atoms with E-state index in [4.69, 9.17) is 4.74 Å². The van der Waals surface area contributed by atoms with Gasteiger partial charge in [-0.05, 0) is 17.7 Å². The minimum absolute atomic E-state index is 0.0442. The molecule has 0 fully saturated rings. The summed E-state index contributed by atoms with van der Waals surface area (Å²) in [7, 11) is 1.47. The monoisotopic (exact) mass is 294 g/mol. The van der Waals surface area contributed by atoms with Crippen LogP contribution in [0.5, 0.6) is 5.75 Å². The van der Waals surface area contributed by atoms with E-state index in [0.717, 1.165) is 0 Å². The Hall–Kier alpha value is -1.63. The van der Waals surface area contributed by atoms with Gasteiger partial charge < -0.3 is 9.47 Å². The number of rotatable bonds is 8. The Morgan fingerprint density at radius 2 is 2.05 bits per heavy atom. The van der Waals surface area contributed by atoms with Gasteiger partial charge in [-0.3, -0.25) is 4.79 Å². The average molecular weight is 294 g/mol. The predicted octanol–water partition coefficient (Wildman–Crippen LogP) is 2.72. The smallest absolute Gasteiger partial charge is 0.330 e. The number of hydrogen-bond donors (Lipinski definition) is 0. The fraction of sp³-hybridized carbons (Fsp3) is 0.462. The number of carbonyl (C=O) groups excluding carboxylic acids is 1. The molecule has 0 saturated carbocycles. The van der Waals surface area contributed by atoms with Gasteiger partial charge in [0, 0.05) is 6.42 Å². The summed E-state index contributed by atoms with van der Waals surface area (Å²) in [5.41, 5.74) is 0.624. The van der Waals surface area contributed by atoms with E-state index in [-0.39, 0.29) is 6.42 Å². The second-order valence-electron chi connectivity index (χ2n) is 4.12. The van der Waals surface area contributed by atoms with Gasteiger partial charge in [-0.15, -0.1) is 0 Å². The maximum atomic E-state index is 12.5. The van der Waals surface area contributed by atoms with Gasteiger partial charge in [-0.25, -0.2) is 8.78 Å². The van der Waals surface area contributed by atoms with E-state index in [1.807, 2.05) is 0 Å². The van der Waals surface area contributed by atoms with Crippen molar-refractivity contribution in [2.75, 3.05) is 20.3 Å². The van der Waals surface area contributed by atoms with Crippen molar-refractivity contribution >= 4 is 5.78 Å². The topological polar surface area (TPSA) is 35.5 Å². The summed E-state index contributed by atoms with van der Waals surface area (Å²) in [5, 5.41) is 0. The van der Waals surface area contributed by atoms with Crippen LogP contribution >= 0.6 is 0 Å². The Morgan fingerprint density at radius 3 is 2.65 bits per heavy atom. The van der Waals surface area contributed by atoms with Crippen LogP contribution in [0.4, 0.5) is 17.6 Å². The summed E-state index contributed by atoms with van der Waals surface area (Å²) >= 11 is 0. The molecule has 0 radical (unpaired) electrons. The molecule has 3 nitrogen and oxygen atoms in total. The molecule has 0 spiro atoms. The summed E-state index contributed by atoms with van der Waals surface area (Å²) in [6, 6.07) is 6.64. The highest BCUT2D eigenvalue weighted by Crippen LogP contribution is 2.22. The summed E-state index contributed by atoms with van der Waals surface area (Å²) in [5.74, 6) is -4.17. The lowest BCUT2D eigenvalue weighted by Crippen LogP contribution is -2.33. The highest BCUT2D eigenvalue weighted by molar-refractivity contribution is 5.82. The highest BCUT2D eigenvalue weighted by atomic mass is 19.3. The zero-order valence-corrected chi connectivity index (χ0v) is 10.7. The molecular formula is C13H14F4O3. The molecule has 1 aromatic carbocycles. The number of alkyl halides is 4. The van der Waals surface area contributed by atoms with E-state index in [0.29, 0.717) is 11.3 Å². The molecule has 0 aliphatic rings. The van der Waals surface area contributed by atoms with Gasteiger partial charge in [-0.1, -0.05) is 12.1 Å². The van der Waals surface area contributed by atoms with Crippen molar-refractivity contribution in [1.29, 1.82) is 0 Å². The summed E-state index contributed by atoms with van der Waals surface area (Å²) in [6.45, 7) is -2.12. The second kappa shape index (κ2) is 7.23. The molecule has 7 heteroatoms. The van der Waals surface area contributed by atoms with Crippen LogP contribution < -0.4 is 4.74 Å². The van der Waals surface area contributed by atoms with Gasteiger partial charge >= 0.3 is 12.3 Å². The minimum Gasteiger partial charge on any atom is -0.497 e.